The Morgan fingerprint density at radius 1 is 1.24 bits per heavy atom. The van der Waals surface area contributed by atoms with Gasteiger partial charge in [-0.05, 0) is 43.4 Å². The van der Waals surface area contributed by atoms with Crippen LogP contribution in [0.15, 0.2) is 48.6 Å². The fourth-order valence-electron chi connectivity index (χ4n) is 3.80. The highest BCUT2D eigenvalue weighted by Gasteiger charge is 2.39. The second kappa shape index (κ2) is 12.8. The van der Waals surface area contributed by atoms with Crippen molar-refractivity contribution in [3.05, 3.63) is 54.1 Å². The number of carbonyl (C=O) groups excluding carboxylic acids is 1. The molecule has 2 rings (SSSR count). The first kappa shape index (κ1) is 26.9. The van der Waals surface area contributed by atoms with Gasteiger partial charge in [-0.1, -0.05) is 30.4 Å². The maximum absolute atomic E-state index is 12.8. The first-order valence-corrected chi connectivity index (χ1v) is 10.9. The van der Waals surface area contributed by atoms with Gasteiger partial charge >= 0.3 is 12.1 Å². The van der Waals surface area contributed by atoms with Gasteiger partial charge in [-0.15, -0.1) is 0 Å². The van der Waals surface area contributed by atoms with E-state index in [0.29, 0.717) is 25.7 Å². The van der Waals surface area contributed by atoms with E-state index < -0.39 is 30.1 Å². The van der Waals surface area contributed by atoms with Crippen molar-refractivity contribution in [3.63, 3.8) is 0 Å². The van der Waals surface area contributed by atoms with Crippen LogP contribution < -0.4 is 4.74 Å². The topological polar surface area (TPSA) is 96.2 Å². The Kier molecular flexibility index (Phi) is 10.4. The number of unbranched alkanes of at least 4 members (excludes halogenated alkanes) is 1. The second-order valence-corrected chi connectivity index (χ2v) is 8.08. The van der Waals surface area contributed by atoms with Crippen LogP contribution >= 0.6 is 0 Å². The van der Waals surface area contributed by atoms with Gasteiger partial charge in [-0.25, -0.2) is 0 Å². The molecule has 0 bridgehead atoms. The summed E-state index contributed by atoms with van der Waals surface area (Å²) in [6, 6.07) is 4.39. The van der Waals surface area contributed by atoms with E-state index in [0.717, 1.165) is 12.1 Å². The molecule has 3 N–H and O–H groups in total. The summed E-state index contributed by atoms with van der Waals surface area (Å²) < 4.78 is 48.2. The number of rotatable bonds is 11. The maximum atomic E-state index is 12.8. The van der Waals surface area contributed by atoms with E-state index in [4.69, 9.17) is 4.74 Å². The summed E-state index contributed by atoms with van der Waals surface area (Å²) in [6.45, 7) is -0.256. The number of hydrogen-bond acceptors (Lipinski definition) is 6. The lowest BCUT2D eigenvalue weighted by Crippen LogP contribution is -2.21. The Bertz CT molecular complexity index is 808. The first-order valence-electron chi connectivity index (χ1n) is 10.9. The lowest BCUT2D eigenvalue weighted by atomic mass is 9.89. The molecule has 1 aromatic rings. The molecule has 1 aromatic carbocycles. The number of ether oxygens (including phenoxy) is 2. The van der Waals surface area contributed by atoms with Gasteiger partial charge in [0.05, 0.1) is 24.9 Å². The van der Waals surface area contributed by atoms with Crippen LogP contribution in [0.1, 0.15) is 37.7 Å². The molecule has 1 aliphatic carbocycles. The molecule has 1 saturated carbocycles. The van der Waals surface area contributed by atoms with Crippen LogP contribution in [0.5, 0.6) is 5.75 Å². The molecular formula is C24H31F3O6. The molecule has 0 aliphatic heterocycles. The second-order valence-electron chi connectivity index (χ2n) is 8.08. The van der Waals surface area contributed by atoms with Crippen LogP contribution in [-0.2, 0) is 15.7 Å². The van der Waals surface area contributed by atoms with Crippen molar-refractivity contribution >= 4 is 5.97 Å². The van der Waals surface area contributed by atoms with Gasteiger partial charge < -0.3 is 24.8 Å². The summed E-state index contributed by atoms with van der Waals surface area (Å²) >= 11 is 0. The maximum Gasteiger partial charge on any atom is 0.416 e. The normalized spacial score (nSPS) is 24.5. The van der Waals surface area contributed by atoms with Crippen molar-refractivity contribution in [2.45, 2.75) is 56.6 Å². The van der Waals surface area contributed by atoms with Gasteiger partial charge in [-0.3, -0.25) is 4.79 Å². The van der Waals surface area contributed by atoms with Crippen LogP contribution in [-0.4, -0.2) is 53.3 Å². The van der Waals surface area contributed by atoms with Gasteiger partial charge in [0, 0.05) is 18.8 Å². The van der Waals surface area contributed by atoms with E-state index in [1.807, 2.05) is 12.2 Å². The molecule has 0 spiro atoms. The minimum Gasteiger partial charge on any atom is -0.491 e. The van der Waals surface area contributed by atoms with Crippen LogP contribution in [0.4, 0.5) is 13.2 Å². The van der Waals surface area contributed by atoms with Crippen molar-refractivity contribution in [1.29, 1.82) is 0 Å². The zero-order valence-corrected chi connectivity index (χ0v) is 18.4. The minimum absolute atomic E-state index is 0.0104. The van der Waals surface area contributed by atoms with Gasteiger partial charge in [0.2, 0.25) is 0 Å². The number of methoxy groups -OCH3 is 1. The van der Waals surface area contributed by atoms with Crippen LogP contribution in [0.25, 0.3) is 0 Å². The molecule has 2 unspecified atom stereocenters. The largest absolute Gasteiger partial charge is 0.491 e. The molecule has 0 aromatic heterocycles. The van der Waals surface area contributed by atoms with Gasteiger partial charge in [-0.2, -0.15) is 13.2 Å². The van der Waals surface area contributed by atoms with Crippen LogP contribution in [0.2, 0.25) is 0 Å². The van der Waals surface area contributed by atoms with Crippen LogP contribution in [0.3, 0.4) is 0 Å². The average molecular weight is 473 g/mol. The van der Waals surface area contributed by atoms with E-state index >= 15 is 0 Å². The summed E-state index contributed by atoms with van der Waals surface area (Å²) in [5.41, 5.74) is -0.839. The number of aliphatic hydroxyl groups is 3. The SMILES string of the molecule is COC(=O)CCC/C=C\C[C@H]1C(O)CC(O)[C@@H]1/C=C/[C@@H](O)COc1cccc(C(F)(F)F)c1. The van der Waals surface area contributed by atoms with Gasteiger partial charge in [0.15, 0.2) is 0 Å². The molecule has 184 valence electrons. The predicted molar refractivity (Wildman–Crippen MR) is 115 cm³/mol. The third kappa shape index (κ3) is 8.83. The van der Waals surface area contributed by atoms with Crippen molar-refractivity contribution < 1.29 is 42.8 Å². The number of halogens is 3. The third-order valence-electron chi connectivity index (χ3n) is 5.61. The van der Waals surface area contributed by atoms with Crippen molar-refractivity contribution in [2.24, 2.45) is 11.8 Å². The molecule has 0 radical (unpaired) electrons. The molecule has 6 nitrogen and oxygen atoms in total. The number of hydrogen-bond donors (Lipinski definition) is 3. The predicted octanol–water partition coefficient (Wildman–Crippen LogP) is 3.65. The lowest BCUT2D eigenvalue weighted by molar-refractivity contribution is -0.140. The monoisotopic (exact) mass is 472 g/mol. The molecule has 1 fully saturated rings. The Morgan fingerprint density at radius 2 is 2.00 bits per heavy atom. The van der Waals surface area contributed by atoms with Crippen molar-refractivity contribution in [1.82, 2.24) is 0 Å². The summed E-state index contributed by atoms with van der Waals surface area (Å²) in [4.78, 5) is 11.1. The molecule has 0 amide bonds. The fourth-order valence-corrected chi connectivity index (χ4v) is 3.80. The van der Waals surface area contributed by atoms with E-state index in [1.165, 1.54) is 25.3 Å². The lowest BCUT2D eigenvalue weighted by Gasteiger charge is -2.19. The average Bonchev–Trinajstić information content (AvgIpc) is 3.04. The molecule has 9 heteroatoms. The standard InChI is InChI=1S/C24H31F3O6/c1-32-23(31)10-5-3-2-4-9-19-20(22(30)14-21(19)29)12-11-17(28)15-33-18-8-6-7-16(13-18)24(25,26)27/h2,4,6-8,11-13,17,19-22,28-30H,3,5,9-10,14-15H2,1H3/b4-2-,12-11+/t17-,19-,20-,21?,22?/m1/s1. The molecule has 1 aliphatic rings. The minimum atomic E-state index is -4.48. The highest BCUT2D eigenvalue weighted by molar-refractivity contribution is 5.69. The smallest absolute Gasteiger partial charge is 0.416 e. The van der Waals surface area contributed by atoms with E-state index in [-0.39, 0.29) is 36.6 Å². The zero-order chi connectivity index (χ0) is 24.4. The Hall–Kier alpha value is -2.36. The zero-order valence-electron chi connectivity index (χ0n) is 18.4. The number of allylic oxidation sites excluding steroid dienone is 2. The summed E-state index contributed by atoms with van der Waals surface area (Å²) in [5.74, 6) is -0.907. The van der Waals surface area contributed by atoms with Crippen molar-refractivity contribution in [3.8, 4) is 5.75 Å². The summed E-state index contributed by atoms with van der Waals surface area (Å²) in [7, 11) is 1.34. The van der Waals surface area contributed by atoms with Gasteiger partial charge in [0.25, 0.3) is 0 Å². The van der Waals surface area contributed by atoms with E-state index in [2.05, 4.69) is 4.74 Å². The number of esters is 1. The fraction of sp³-hybridized carbons (Fsp3) is 0.542. The number of alkyl halides is 3. The summed E-state index contributed by atoms with van der Waals surface area (Å²) in [5, 5.41) is 30.7. The Morgan fingerprint density at radius 3 is 2.70 bits per heavy atom. The Labute approximate surface area is 191 Å². The number of aliphatic hydroxyl groups excluding tert-OH is 3. The summed E-state index contributed by atoms with van der Waals surface area (Å²) in [6.07, 6.45) is 2.21. The Balaban J connectivity index is 1.86. The highest BCUT2D eigenvalue weighted by Crippen LogP contribution is 2.36. The highest BCUT2D eigenvalue weighted by atomic mass is 19.4. The van der Waals surface area contributed by atoms with Gasteiger partial charge in [0.1, 0.15) is 18.5 Å². The first-order chi connectivity index (χ1) is 15.6. The van der Waals surface area contributed by atoms with Crippen LogP contribution in [0, 0.1) is 11.8 Å². The van der Waals surface area contributed by atoms with E-state index in [1.54, 1.807) is 6.08 Å². The molecule has 33 heavy (non-hydrogen) atoms. The molecule has 0 saturated heterocycles. The number of benzene rings is 1. The third-order valence-corrected chi connectivity index (χ3v) is 5.61. The molecule has 5 atom stereocenters. The number of carbonyl (C=O) groups is 1. The molecular weight excluding hydrogens is 441 g/mol. The quantitative estimate of drug-likeness (QED) is 0.259. The van der Waals surface area contributed by atoms with E-state index in [9.17, 15) is 33.3 Å². The molecule has 0 heterocycles. The van der Waals surface area contributed by atoms with Crippen molar-refractivity contribution in [2.75, 3.05) is 13.7 Å².